The van der Waals surface area contributed by atoms with E-state index in [1.54, 1.807) is 0 Å². The van der Waals surface area contributed by atoms with Crippen molar-refractivity contribution in [1.82, 2.24) is 0 Å². The molecule has 0 spiro atoms. The molecule has 0 saturated heterocycles. The minimum Gasteiger partial charge on any atom is -0.316 e. The normalized spacial score (nSPS) is 11.1. The van der Waals surface area contributed by atoms with Crippen molar-refractivity contribution in [3.63, 3.8) is 0 Å². The van der Waals surface area contributed by atoms with Gasteiger partial charge in [0.05, 0.1) is 12.1 Å². The van der Waals surface area contributed by atoms with Crippen LogP contribution in [-0.2, 0) is 6.42 Å². The Kier molecular flexibility index (Phi) is 5.96. The number of benzene rings is 1. The second kappa shape index (κ2) is 6.47. The summed E-state index contributed by atoms with van der Waals surface area (Å²) in [4.78, 5) is 0. The number of nitrogens with zero attached hydrogens (tertiary/aromatic N) is 1. The maximum atomic E-state index is 8.44. The van der Waals surface area contributed by atoms with Crippen LogP contribution in [0.2, 0.25) is 0 Å². The SMILES string of the molecule is Cl.N#C[C@@H](N)CCc1ccccc1. The molecule has 0 heterocycles. The molecule has 70 valence electrons. The first-order valence-corrected chi connectivity index (χ1v) is 4.02. The number of halogens is 1. The highest BCUT2D eigenvalue weighted by atomic mass is 35.5. The minimum atomic E-state index is -0.329. The average molecular weight is 197 g/mol. The van der Waals surface area contributed by atoms with E-state index in [4.69, 9.17) is 11.0 Å². The third kappa shape index (κ3) is 4.51. The number of hydrogen-bond acceptors (Lipinski definition) is 2. The van der Waals surface area contributed by atoms with E-state index in [1.165, 1.54) is 5.56 Å². The molecule has 1 rings (SSSR count). The van der Waals surface area contributed by atoms with E-state index in [0.29, 0.717) is 0 Å². The maximum Gasteiger partial charge on any atom is 0.0931 e. The van der Waals surface area contributed by atoms with Gasteiger partial charge in [-0.25, -0.2) is 0 Å². The molecule has 0 unspecified atom stereocenters. The Balaban J connectivity index is 0.00000144. The van der Waals surface area contributed by atoms with Gasteiger partial charge in [-0.3, -0.25) is 0 Å². The molecule has 13 heavy (non-hydrogen) atoms. The van der Waals surface area contributed by atoms with Crippen LogP contribution in [0.1, 0.15) is 12.0 Å². The van der Waals surface area contributed by atoms with Crippen LogP contribution in [0, 0.1) is 11.3 Å². The molecule has 0 aliphatic rings. The van der Waals surface area contributed by atoms with E-state index in [9.17, 15) is 0 Å². The quantitative estimate of drug-likeness (QED) is 0.803. The fourth-order valence-electron chi connectivity index (χ4n) is 1.03. The van der Waals surface area contributed by atoms with E-state index < -0.39 is 0 Å². The molecular weight excluding hydrogens is 184 g/mol. The molecule has 3 heteroatoms. The molecule has 0 aliphatic heterocycles. The molecular formula is C10H13ClN2. The zero-order chi connectivity index (χ0) is 8.81. The number of aryl methyl sites for hydroxylation is 1. The molecule has 0 saturated carbocycles. The molecule has 0 fully saturated rings. The average Bonchev–Trinajstić information content (AvgIpc) is 2.16. The van der Waals surface area contributed by atoms with Crippen LogP contribution in [0.4, 0.5) is 0 Å². The Morgan fingerprint density at radius 1 is 1.31 bits per heavy atom. The first-order valence-electron chi connectivity index (χ1n) is 4.02. The summed E-state index contributed by atoms with van der Waals surface area (Å²) in [6.45, 7) is 0. The van der Waals surface area contributed by atoms with Crippen LogP contribution in [0.15, 0.2) is 30.3 Å². The van der Waals surface area contributed by atoms with Gasteiger partial charge in [-0.15, -0.1) is 12.4 Å². The summed E-state index contributed by atoms with van der Waals surface area (Å²) in [5.41, 5.74) is 6.70. The zero-order valence-corrected chi connectivity index (χ0v) is 8.13. The van der Waals surface area contributed by atoms with Gasteiger partial charge in [0.25, 0.3) is 0 Å². The summed E-state index contributed by atoms with van der Waals surface area (Å²) < 4.78 is 0. The summed E-state index contributed by atoms with van der Waals surface area (Å²) in [5.74, 6) is 0. The Hall–Kier alpha value is -1.04. The summed E-state index contributed by atoms with van der Waals surface area (Å²) in [6.07, 6.45) is 1.62. The van der Waals surface area contributed by atoms with Gasteiger partial charge in [0.15, 0.2) is 0 Å². The largest absolute Gasteiger partial charge is 0.316 e. The molecule has 2 N–H and O–H groups in total. The van der Waals surface area contributed by atoms with E-state index in [-0.39, 0.29) is 18.4 Å². The van der Waals surface area contributed by atoms with Crippen molar-refractivity contribution in [3.05, 3.63) is 35.9 Å². The molecule has 1 atom stereocenters. The Labute approximate surface area is 84.8 Å². The summed E-state index contributed by atoms with van der Waals surface area (Å²) in [6, 6.07) is 11.7. The van der Waals surface area contributed by atoms with Gasteiger partial charge in [-0.1, -0.05) is 30.3 Å². The fourth-order valence-corrected chi connectivity index (χ4v) is 1.03. The smallest absolute Gasteiger partial charge is 0.0931 e. The third-order valence-corrected chi connectivity index (χ3v) is 1.75. The Bertz CT molecular complexity index is 266. The monoisotopic (exact) mass is 196 g/mol. The first kappa shape index (κ1) is 12.0. The lowest BCUT2D eigenvalue weighted by Gasteiger charge is -2.01. The molecule has 0 aromatic heterocycles. The summed E-state index contributed by atoms with van der Waals surface area (Å²) in [5, 5.41) is 8.44. The van der Waals surface area contributed by atoms with Crippen LogP contribution in [-0.4, -0.2) is 6.04 Å². The molecule has 2 nitrogen and oxygen atoms in total. The Morgan fingerprint density at radius 2 is 1.92 bits per heavy atom. The van der Waals surface area contributed by atoms with Gasteiger partial charge in [0, 0.05) is 0 Å². The van der Waals surface area contributed by atoms with Crippen molar-refractivity contribution in [2.45, 2.75) is 18.9 Å². The topological polar surface area (TPSA) is 49.8 Å². The second-order valence-corrected chi connectivity index (χ2v) is 2.76. The predicted octanol–water partition coefficient (Wildman–Crippen LogP) is 1.89. The van der Waals surface area contributed by atoms with Crippen LogP contribution in [0.3, 0.4) is 0 Å². The van der Waals surface area contributed by atoms with Crippen LogP contribution in [0.5, 0.6) is 0 Å². The lowest BCUT2D eigenvalue weighted by molar-refractivity contribution is 0.731. The van der Waals surface area contributed by atoms with Crippen molar-refractivity contribution in [2.24, 2.45) is 5.73 Å². The second-order valence-electron chi connectivity index (χ2n) is 2.76. The summed E-state index contributed by atoms with van der Waals surface area (Å²) in [7, 11) is 0. The van der Waals surface area contributed by atoms with E-state index in [0.717, 1.165) is 12.8 Å². The predicted molar refractivity (Wildman–Crippen MR) is 55.6 cm³/mol. The lowest BCUT2D eigenvalue weighted by Crippen LogP contribution is -2.17. The van der Waals surface area contributed by atoms with Crippen LogP contribution < -0.4 is 5.73 Å². The van der Waals surface area contributed by atoms with Crippen LogP contribution >= 0.6 is 12.4 Å². The Morgan fingerprint density at radius 3 is 2.46 bits per heavy atom. The highest BCUT2D eigenvalue weighted by Crippen LogP contribution is 2.03. The lowest BCUT2D eigenvalue weighted by atomic mass is 10.1. The number of hydrogen-bond donors (Lipinski definition) is 1. The molecule has 0 bridgehead atoms. The standard InChI is InChI=1S/C10H12N2.ClH/c11-8-10(12)7-6-9-4-2-1-3-5-9;/h1-5,10H,6-7,12H2;1H/t10-;/m0./s1. The number of nitriles is 1. The van der Waals surface area contributed by atoms with E-state index >= 15 is 0 Å². The van der Waals surface area contributed by atoms with E-state index in [1.807, 2.05) is 36.4 Å². The number of rotatable bonds is 3. The minimum absolute atomic E-state index is 0. The van der Waals surface area contributed by atoms with Gasteiger partial charge >= 0.3 is 0 Å². The fraction of sp³-hybridized carbons (Fsp3) is 0.300. The van der Waals surface area contributed by atoms with E-state index in [2.05, 4.69) is 0 Å². The van der Waals surface area contributed by atoms with Crippen molar-refractivity contribution in [3.8, 4) is 6.07 Å². The molecule has 0 amide bonds. The van der Waals surface area contributed by atoms with Crippen molar-refractivity contribution >= 4 is 12.4 Å². The third-order valence-electron chi connectivity index (χ3n) is 1.75. The molecule has 1 aromatic rings. The van der Waals surface area contributed by atoms with Crippen molar-refractivity contribution < 1.29 is 0 Å². The zero-order valence-electron chi connectivity index (χ0n) is 7.31. The van der Waals surface area contributed by atoms with Gasteiger partial charge in [-0.05, 0) is 18.4 Å². The highest BCUT2D eigenvalue weighted by molar-refractivity contribution is 5.85. The van der Waals surface area contributed by atoms with Gasteiger partial charge in [0.2, 0.25) is 0 Å². The number of nitrogens with two attached hydrogens (primary N) is 1. The maximum absolute atomic E-state index is 8.44. The summed E-state index contributed by atoms with van der Waals surface area (Å²) >= 11 is 0. The van der Waals surface area contributed by atoms with Crippen molar-refractivity contribution in [2.75, 3.05) is 0 Å². The molecule has 0 radical (unpaired) electrons. The highest BCUT2D eigenvalue weighted by Gasteiger charge is 1.99. The molecule has 1 aromatic carbocycles. The van der Waals surface area contributed by atoms with Gasteiger partial charge in [-0.2, -0.15) is 5.26 Å². The van der Waals surface area contributed by atoms with Crippen molar-refractivity contribution in [1.29, 1.82) is 5.26 Å². The van der Waals surface area contributed by atoms with Gasteiger partial charge in [0.1, 0.15) is 0 Å². The first-order chi connectivity index (χ1) is 5.83. The van der Waals surface area contributed by atoms with Crippen LogP contribution in [0.25, 0.3) is 0 Å². The molecule has 0 aliphatic carbocycles. The van der Waals surface area contributed by atoms with Gasteiger partial charge < -0.3 is 5.73 Å².